The van der Waals surface area contributed by atoms with Crippen LogP contribution in [-0.2, 0) is 11.4 Å². The Hall–Kier alpha value is -1.96. The fourth-order valence-corrected chi connectivity index (χ4v) is 5.13. The Labute approximate surface area is 207 Å². The van der Waals surface area contributed by atoms with Crippen molar-refractivity contribution in [2.45, 2.75) is 46.4 Å². The molecule has 0 bridgehead atoms. The van der Waals surface area contributed by atoms with Crippen molar-refractivity contribution in [3.63, 3.8) is 0 Å². The monoisotopic (exact) mass is 536 g/mol. The second-order valence-corrected chi connectivity index (χ2v) is 10.1. The molecule has 1 heterocycles. The third-order valence-corrected chi connectivity index (χ3v) is 6.56. The maximum absolute atomic E-state index is 13.0. The zero-order valence-electron chi connectivity index (χ0n) is 18.7. The Morgan fingerprint density at radius 1 is 1.22 bits per heavy atom. The van der Waals surface area contributed by atoms with Crippen LogP contribution in [0.25, 0.3) is 6.08 Å². The summed E-state index contributed by atoms with van der Waals surface area (Å²) >= 11 is 11.2. The summed E-state index contributed by atoms with van der Waals surface area (Å²) in [5.74, 6) is 1.09. The minimum atomic E-state index is -0.0430. The SMILES string of the molecule is COc1cc(/C=C2\SC(=NC(C)C)N(C(C)C)C2=O)cc(Br)c1OCc1ccccc1Cl. The van der Waals surface area contributed by atoms with Crippen LogP contribution in [-0.4, -0.2) is 35.2 Å². The largest absolute Gasteiger partial charge is 0.493 e. The number of nitrogens with zero attached hydrogens (tertiary/aromatic N) is 2. The predicted octanol–water partition coefficient (Wildman–Crippen LogP) is 6.78. The van der Waals surface area contributed by atoms with E-state index < -0.39 is 0 Å². The van der Waals surface area contributed by atoms with Gasteiger partial charge in [-0.1, -0.05) is 29.8 Å². The number of hydrogen-bond donors (Lipinski definition) is 0. The summed E-state index contributed by atoms with van der Waals surface area (Å²) in [6, 6.07) is 11.4. The van der Waals surface area contributed by atoms with Crippen LogP contribution >= 0.6 is 39.3 Å². The summed E-state index contributed by atoms with van der Waals surface area (Å²) in [6.45, 7) is 8.29. The van der Waals surface area contributed by atoms with Crippen LogP contribution in [0.3, 0.4) is 0 Å². The van der Waals surface area contributed by atoms with Gasteiger partial charge in [0.1, 0.15) is 6.61 Å². The molecule has 0 aromatic heterocycles. The fraction of sp³-hybridized carbons (Fsp3) is 0.333. The number of rotatable bonds is 7. The lowest BCUT2D eigenvalue weighted by Gasteiger charge is -2.20. The molecule has 1 aliphatic heterocycles. The van der Waals surface area contributed by atoms with Gasteiger partial charge in [0.05, 0.1) is 16.5 Å². The summed E-state index contributed by atoms with van der Waals surface area (Å²) in [6.07, 6.45) is 1.86. The second-order valence-electron chi connectivity index (χ2n) is 7.80. The van der Waals surface area contributed by atoms with E-state index in [1.54, 1.807) is 12.0 Å². The first-order valence-electron chi connectivity index (χ1n) is 10.3. The zero-order chi connectivity index (χ0) is 23.4. The average molecular weight is 538 g/mol. The van der Waals surface area contributed by atoms with E-state index in [2.05, 4.69) is 20.9 Å². The molecule has 5 nitrogen and oxygen atoms in total. The van der Waals surface area contributed by atoms with Crippen molar-refractivity contribution in [2.75, 3.05) is 7.11 Å². The van der Waals surface area contributed by atoms with Gasteiger partial charge in [-0.3, -0.25) is 14.7 Å². The number of amidine groups is 1. The molecule has 1 fully saturated rings. The Bertz CT molecular complexity index is 1070. The molecule has 0 N–H and O–H groups in total. The van der Waals surface area contributed by atoms with Gasteiger partial charge in [0.15, 0.2) is 16.7 Å². The number of benzene rings is 2. The number of amides is 1. The van der Waals surface area contributed by atoms with Crippen LogP contribution in [0.1, 0.15) is 38.8 Å². The molecule has 1 amide bonds. The quantitative estimate of drug-likeness (QED) is 0.365. The minimum Gasteiger partial charge on any atom is -0.493 e. The molecule has 32 heavy (non-hydrogen) atoms. The van der Waals surface area contributed by atoms with Crippen LogP contribution in [0, 0.1) is 0 Å². The van der Waals surface area contributed by atoms with E-state index in [4.69, 9.17) is 21.1 Å². The summed E-state index contributed by atoms with van der Waals surface area (Å²) < 4.78 is 12.3. The molecule has 2 aromatic rings. The lowest BCUT2D eigenvalue weighted by molar-refractivity contribution is -0.123. The molecule has 0 radical (unpaired) electrons. The Morgan fingerprint density at radius 3 is 2.56 bits per heavy atom. The van der Waals surface area contributed by atoms with Crippen LogP contribution in [0.5, 0.6) is 11.5 Å². The molecular formula is C24H26BrClN2O3S. The molecule has 0 spiro atoms. The van der Waals surface area contributed by atoms with Gasteiger partial charge >= 0.3 is 0 Å². The van der Waals surface area contributed by atoms with Crippen LogP contribution in [0.4, 0.5) is 0 Å². The van der Waals surface area contributed by atoms with Crippen LogP contribution in [0.15, 0.2) is 50.8 Å². The van der Waals surface area contributed by atoms with Gasteiger partial charge in [-0.25, -0.2) is 0 Å². The van der Waals surface area contributed by atoms with E-state index >= 15 is 0 Å². The highest BCUT2D eigenvalue weighted by atomic mass is 79.9. The molecule has 0 atom stereocenters. The van der Waals surface area contributed by atoms with Gasteiger partial charge in [0.2, 0.25) is 0 Å². The van der Waals surface area contributed by atoms with E-state index in [1.807, 2.05) is 70.2 Å². The molecule has 0 aliphatic carbocycles. The highest BCUT2D eigenvalue weighted by Crippen LogP contribution is 2.40. The number of ether oxygens (including phenoxy) is 2. The maximum Gasteiger partial charge on any atom is 0.266 e. The minimum absolute atomic E-state index is 0.0280. The topological polar surface area (TPSA) is 51.1 Å². The lowest BCUT2D eigenvalue weighted by atomic mass is 10.1. The molecule has 2 aromatic carbocycles. The first-order chi connectivity index (χ1) is 15.2. The molecule has 0 unspecified atom stereocenters. The normalized spacial score (nSPS) is 16.7. The Kier molecular flexibility index (Phi) is 8.31. The van der Waals surface area contributed by atoms with Crippen molar-refractivity contribution in [1.82, 2.24) is 4.90 Å². The van der Waals surface area contributed by atoms with Gasteiger partial charge in [0.25, 0.3) is 5.91 Å². The van der Waals surface area contributed by atoms with E-state index in [0.717, 1.165) is 20.8 Å². The number of aliphatic imine (C=N–C) groups is 1. The number of halogens is 2. The number of carbonyl (C=O) groups is 1. The highest BCUT2D eigenvalue weighted by Gasteiger charge is 2.35. The van der Waals surface area contributed by atoms with Crippen molar-refractivity contribution in [3.8, 4) is 11.5 Å². The van der Waals surface area contributed by atoms with Crippen LogP contribution < -0.4 is 9.47 Å². The summed E-state index contributed by atoms with van der Waals surface area (Å²) in [7, 11) is 1.59. The van der Waals surface area contributed by atoms with Crippen molar-refractivity contribution in [2.24, 2.45) is 4.99 Å². The molecule has 1 saturated heterocycles. The van der Waals surface area contributed by atoms with Gasteiger partial charge in [-0.2, -0.15) is 0 Å². The second kappa shape index (κ2) is 10.8. The molecule has 1 aliphatic rings. The number of thioether (sulfide) groups is 1. The third kappa shape index (κ3) is 5.69. The van der Waals surface area contributed by atoms with Gasteiger partial charge in [-0.15, -0.1) is 0 Å². The van der Waals surface area contributed by atoms with E-state index in [1.165, 1.54) is 11.8 Å². The molecule has 170 valence electrons. The number of carbonyl (C=O) groups excluding carboxylic acids is 1. The fourth-order valence-electron chi connectivity index (χ4n) is 3.13. The highest BCUT2D eigenvalue weighted by molar-refractivity contribution is 9.10. The first-order valence-corrected chi connectivity index (χ1v) is 12.2. The van der Waals surface area contributed by atoms with Gasteiger partial charge < -0.3 is 9.47 Å². The van der Waals surface area contributed by atoms with Crippen LogP contribution in [0.2, 0.25) is 5.02 Å². The van der Waals surface area contributed by atoms with Gasteiger partial charge in [0, 0.05) is 22.7 Å². The summed E-state index contributed by atoms with van der Waals surface area (Å²) in [5.41, 5.74) is 1.71. The maximum atomic E-state index is 13.0. The number of hydrogen-bond acceptors (Lipinski definition) is 5. The Balaban J connectivity index is 1.89. The smallest absolute Gasteiger partial charge is 0.266 e. The standard InChI is InChI=1S/C24H26BrClN2O3S/c1-14(2)27-24-28(15(3)4)23(29)21(32-24)12-16-10-18(25)22(20(11-16)30-5)31-13-17-8-6-7-9-19(17)26/h6-12,14-15H,13H2,1-5H3/b21-12-,27-24?. The number of methoxy groups -OCH3 is 1. The van der Waals surface area contributed by atoms with E-state index in [0.29, 0.717) is 28.0 Å². The lowest BCUT2D eigenvalue weighted by Crippen LogP contribution is -2.35. The van der Waals surface area contributed by atoms with Crippen molar-refractivity contribution in [3.05, 3.63) is 61.9 Å². The van der Waals surface area contributed by atoms with Crippen molar-refractivity contribution in [1.29, 1.82) is 0 Å². The molecule has 3 rings (SSSR count). The van der Waals surface area contributed by atoms with Gasteiger partial charge in [-0.05, 0) is 85.2 Å². The molecular weight excluding hydrogens is 512 g/mol. The predicted molar refractivity (Wildman–Crippen MR) is 137 cm³/mol. The zero-order valence-corrected chi connectivity index (χ0v) is 21.8. The van der Waals surface area contributed by atoms with E-state index in [9.17, 15) is 4.79 Å². The third-order valence-electron chi connectivity index (χ3n) is 4.60. The van der Waals surface area contributed by atoms with Crippen molar-refractivity contribution >= 4 is 56.4 Å². The Morgan fingerprint density at radius 2 is 1.94 bits per heavy atom. The average Bonchev–Trinajstić information content (AvgIpc) is 3.02. The first kappa shape index (κ1) is 24.7. The van der Waals surface area contributed by atoms with E-state index in [-0.39, 0.29) is 18.0 Å². The molecule has 8 heteroatoms. The summed E-state index contributed by atoms with van der Waals surface area (Å²) in [4.78, 5) is 20.0. The molecule has 0 saturated carbocycles. The summed E-state index contributed by atoms with van der Waals surface area (Å²) in [5, 5.41) is 1.38. The van der Waals surface area contributed by atoms with Crippen molar-refractivity contribution < 1.29 is 14.3 Å².